The second-order valence-electron chi connectivity index (χ2n) is 6.84. The molecule has 0 aromatic heterocycles. The average Bonchev–Trinajstić information content (AvgIpc) is 3.17. The van der Waals surface area contributed by atoms with Crippen LogP contribution in [0.15, 0.2) is 48.5 Å². The van der Waals surface area contributed by atoms with E-state index in [1.807, 2.05) is 0 Å². The highest BCUT2D eigenvalue weighted by atomic mass is 16.2. The van der Waals surface area contributed by atoms with Gasteiger partial charge in [-0.25, -0.2) is 4.79 Å². The summed E-state index contributed by atoms with van der Waals surface area (Å²) in [6, 6.07) is 12.9. The van der Waals surface area contributed by atoms with Crippen molar-refractivity contribution in [3.05, 3.63) is 59.7 Å². The van der Waals surface area contributed by atoms with Gasteiger partial charge in [0.15, 0.2) is 0 Å². The minimum Gasteiger partial charge on any atom is -0.351 e. The summed E-state index contributed by atoms with van der Waals surface area (Å²) < 4.78 is 0. The molecule has 5 N–H and O–H groups in total. The molecule has 30 heavy (non-hydrogen) atoms. The molecule has 9 heteroatoms. The van der Waals surface area contributed by atoms with E-state index in [0.29, 0.717) is 24.2 Å². The summed E-state index contributed by atoms with van der Waals surface area (Å²) in [6.07, 6.45) is 1.39. The maximum Gasteiger partial charge on any atom is 0.316 e. The summed E-state index contributed by atoms with van der Waals surface area (Å²) in [5.74, 6) is -0.615. The molecule has 1 heterocycles. The highest BCUT2D eigenvalue weighted by Crippen LogP contribution is 2.21. The third-order valence-electron chi connectivity index (χ3n) is 4.64. The van der Waals surface area contributed by atoms with Gasteiger partial charge >= 0.3 is 6.03 Å². The molecule has 0 radical (unpaired) electrons. The maximum atomic E-state index is 12.2. The maximum absolute atomic E-state index is 12.2. The van der Waals surface area contributed by atoms with Crippen LogP contribution in [0.5, 0.6) is 0 Å². The highest BCUT2D eigenvalue weighted by Gasteiger charge is 2.21. The van der Waals surface area contributed by atoms with Crippen molar-refractivity contribution in [1.29, 1.82) is 0 Å². The first-order valence-electron chi connectivity index (χ1n) is 9.53. The lowest BCUT2D eigenvalue weighted by atomic mass is 10.2. The van der Waals surface area contributed by atoms with E-state index >= 15 is 0 Å². The number of nitrogens with two attached hydrogens (primary N) is 1. The lowest BCUT2D eigenvalue weighted by Crippen LogP contribution is -2.36. The van der Waals surface area contributed by atoms with Gasteiger partial charge < -0.3 is 26.6 Å². The molecule has 0 aliphatic carbocycles. The fourth-order valence-corrected chi connectivity index (χ4v) is 3.09. The van der Waals surface area contributed by atoms with Crippen molar-refractivity contribution in [1.82, 2.24) is 10.6 Å². The minimum atomic E-state index is -0.647. The van der Waals surface area contributed by atoms with Crippen molar-refractivity contribution < 1.29 is 19.2 Å². The lowest BCUT2D eigenvalue weighted by Gasteiger charge is -2.15. The van der Waals surface area contributed by atoms with E-state index in [-0.39, 0.29) is 30.8 Å². The number of urea groups is 1. The van der Waals surface area contributed by atoms with Gasteiger partial charge in [0, 0.05) is 36.4 Å². The lowest BCUT2D eigenvalue weighted by molar-refractivity contribution is -0.120. The van der Waals surface area contributed by atoms with Crippen LogP contribution in [0.2, 0.25) is 0 Å². The summed E-state index contributed by atoms with van der Waals surface area (Å²) in [4.78, 5) is 48.5. The Balaban J connectivity index is 1.43. The van der Waals surface area contributed by atoms with Gasteiger partial charge in [-0.05, 0) is 48.4 Å². The summed E-state index contributed by atoms with van der Waals surface area (Å²) in [5.41, 5.74) is 7.62. The summed E-state index contributed by atoms with van der Waals surface area (Å²) in [7, 11) is 0. The van der Waals surface area contributed by atoms with Crippen molar-refractivity contribution in [2.45, 2.75) is 19.4 Å². The number of amides is 5. The molecular formula is C21H23N5O4. The van der Waals surface area contributed by atoms with Crippen LogP contribution in [-0.4, -0.2) is 36.8 Å². The van der Waals surface area contributed by atoms with Gasteiger partial charge in [-0.2, -0.15) is 0 Å². The van der Waals surface area contributed by atoms with E-state index in [4.69, 9.17) is 5.73 Å². The molecule has 0 unspecified atom stereocenters. The zero-order valence-electron chi connectivity index (χ0n) is 16.3. The van der Waals surface area contributed by atoms with Crippen LogP contribution in [0.25, 0.3) is 0 Å². The predicted octanol–water partition coefficient (Wildman–Crippen LogP) is 1.35. The number of carbonyl (C=O) groups is 4. The van der Waals surface area contributed by atoms with Crippen molar-refractivity contribution in [3.63, 3.8) is 0 Å². The van der Waals surface area contributed by atoms with Crippen LogP contribution in [0.4, 0.5) is 16.2 Å². The molecule has 156 valence electrons. The molecule has 1 aliphatic heterocycles. The van der Waals surface area contributed by atoms with Gasteiger partial charge in [0.1, 0.15) is 0 Å². The van der Waals surface area contributed by atoms with Crippen molar-refractivity contribution in [2.24, 2.45) is 5.73 Å². The Hall–Kier alpha value is -3.88. The molecule has 2 aromatic rings. The van der Waals surface area contributed by atoms with Gasteiger partial charge in [0.05, 0.1) is 6.54 Å². The number of nitrogens with zero attached hydrogens (tertiary/aromatic N) is 1. The predicted molar refractivity (Wildman–Crippen MR) is 112 cm³/mol. The number of nitrogens with one attached hydrogen (secondary N) is 3. The van der Waals surface area contributed by atoms with Gasteiger partial charge in [-0.1, -0.05) is 12.1 Å². The van der Waals surface area contributed by atoms with Crippen LogP contribution in [0.3, 0.4) is 0 Å². The Bertz CT molecular complexity index is 941. The fraction of sp³-hybridized carbons (Fsp3) is 0.238. The molecule has 1 aliphatic rings. The Morgan fingerprint density at radius 2 is 1.67 bits per heavy atom. The molecule has 1 saturated heterocycles. The first-order chi connectivity index (χ1) is 14.4. The second-order valence-corrected chi connectivity index (χ2v) is 6.84. The molecule has 0 saturated carbocycles. The van der Waals surface area contributed by atoms with E-state index < -0.39 is 6.03 Å². The zero-order chi connectivity index (χ0) is 21.5. The molecular weight excluding hydrogens is 386 g/mol. The zero-order valence-corrected chi connectivity index (χ0v) is 16.3. The van der Waals surface area contributed by atoms with Crippen LogP contribution in [0.1, 0.15) is 28.8 Å². The van der Waals surface area contributed by atoms with Crippen molar-refractivity contribution >= 4 is 35.1 Å². The molecule has 9 nitrogen and oxygen atoms in total. The van der Waals surface area contributed by atoms with E-state index in [0.717, 1.165) is 17.7 Å². The van der Waals surface area contributed by atoms with Gasteiger partial charge in [0.2, 0.25) is 11.8 Å². The molecule has 1 fully saturated rings. The molecule has 0 atom stereocenters. The Kier molecular flexibility index (Phi) is 6.63. The Morgan fingerprint density at radius 3 is 2.27 bits per heavy atom. The van der Waals surface area contributed by atoms with Crippen LogP contribution in [0, 0.1) is 0 Å². The number of carbonyl (C=O) groups excluding carboxylic acids is 4. The van der Waals surface area contributed by atoms with E-state index in [1.54, 1.807) is 53.4 Å². The molecule has 3 rings (SSSR count). The summed E-state index contributed by atoms with van der Waals surface area (Å²) >= 11 is 0. The third kappa shape index (κ3) is 5.57. The smallest absolute Gasteiger partial charge is 0.316 e. The molecule has 0 bridgehead atoms. The number of anilines is 2. The number of primary amides is 1. The normalized spacial score (nSPS) is 13.1. The van der Waals surface area contributed by atoms with Gasteiger partial charge in [0.25, 0.3) is 5.91 Å². The standard InChI is InChI=1S/C21H23N5O4/c22-21(30)25-16-7-3-14(4-8-16)12-23-18(27)13-24-20(29)15-5-9-17(10-6-15)26-11-1-2-19(26)28/h3-10H,1-2,11-13H2,(H,23,27)(H,24,29)(H3,22,25,30). The van der Waals surface area contributed by atoms with Gasteiger partial charge in [-0.15, -0.1) is 0 Å². The minimum absolute atomic E-state index is 0.0858. The third-order valence-corrected chi connectivity index (χ3v) is 4.64. The number of rotatable bonds is 7. The Morgan fingerprint density at radius 1 is 0.967 bits per heavy atom. The largest absolute Gasteiger partial charge is 0.351 e. The van der Waals surface area contributed by atoms with E-state index in [2.05, 4.69) is 16.0 Å². The summed E-state index contributed by atoms with van der Waals surface area (Å²) in [5, 5.41) is 7.73. The topological polar surface area (TPSA) is 134 Å². The Labute approximate surface area is 173 Å². The van der Waals surface area contributed by atoms with E-state index in [1.165, 1.54) is 0 Å². The average molecular weight is 409 g/mol. The molecule has 0 spiro atoms. The SMILES string of the molecule is NC(=O)Nc1ccc(CNC(=O)CNC(=O)c2ccc(N3CCCC3=O)cc2)cc1. The van der Waals surface area contributed by atoms with Crippen molar-refractivity contribution in [2.75, 3.05) is 23.3 Å². The molecule has 2 aromatic carbocycles. The number of hydrogen-bond acceptors (Lipinski definition) is 4. The fourth-order valence-electron chi connectivity index (χ4n) is 3.09. The van der Waals surface area contributed by atoms with Crippen LogP contribution < -0.4 is 26.6 Å². The number of benzene rings is 2. The van der Waals surface area contributed by atoms with E-state index in [9.17, 15) is 19.2 Å². The molecule has 5 amide bonds. The van der Waals surface area contributed by atoms with Crippen molar-refractivity contribution in [3.8, 4) is 0 Å². The first-order valence-corrected chi connectivity index (χ1v) is 9.53. The summed E-state index contributed by atoms with van der Waals surface area (Å²) in [6.45, 7) is 0.811. The quantitative estimate of drug-likeness (QED) is 0.549. The van der Waals surface area contributed by atoms with Crippen LogP contribution in [-0.2, 0) is 16.1 Å². The first kappa shape index (κ1) is 20.8. The highest BCUT2D eigenvalue weighted by molar-refractivity contribution is 5.98. The number of hydrogen-bond donors (Lipinski definition) is 4. The monoisotopic (exact) mass is 409 g/mol. The van der Waals surface area contributed by atoms with Gasteiger partial charge in [-0.3, -0.25) is 14.4 Å². The second kappa shape index (κ2) is 9.55. The van der Waals surface area contributed by atoms with Crippen LogP contribution >= 0.6 is 0 Å².